The van der Waals surface area contributed by atoms with Crippen LogP contribution in [-0.4, -0.2) is 4.98 Å². The lowest BCUT2D eigenvalue weighted by Gasteiger charge is -2.04. The van der Waals surface area contributed by atoms with Crippen molar-refractivity contribution in [1.29, 1.82) is 0 Å². The van der Waals surface area contributed by atoms with Crippen molar-refractivity contribution in [2.75, 3.05) is 0 Å². The van der Waals surface area contributed by atoms with Gasteiger partial charge in [-0.05, 0) is 69.7 Å². The number of aromatic amines is 1. The van der Waals surface area contributed by atoms with Gasteiger partial charge in [0.15, 0.2) is 0 Å². The summed E-state index contributed by atoms with van der Waals surface area (Å²) in [6.07, 6.45) is 3.69. The fourth-order valence-electron chi connectivity index (χ4n) is 2.53. The Balaban J connectivity index is 2.26. The van der Waals surface area contributed by atoms with Gasteiger partial charge in [0.25, 0.3) is 0 Å². The molecule has 2 aromatic carbocycles. The Labute approximate surface area is 140 Å². The summed E-state index contributed by atoms with van der Waals surface area (Å²) in [5.41, 5.74) is 4.04. The molecule has 3 heteroatoms. The van der Waals surface area contributed by atoms with Crippen LogP contribution in [-0.2, 0) is 6.42 Å². The van der Waals surface area contributed by atoms with Crippen molar-refractivity contribution in [3.8, 4) is 0 Å². The number of rotatable bonds is 3. The number of unbranched alkanes of at least 4 members (excludes halogenated alkanes) is 1. The van der Waals surface area contributed by atoms with E-state index in [4.69, 9.17) is 0 Å². The van der Waals surface area contributed by atoms with Crippen molar-refractivity contribution in [2.24, 2.45) is 0 Å². The lowest BCUT2D eigenvalue weighted by molar-refractivity contribution is 0.793. The highest BCUT2D eigenvalue weighted by atomic mass is 127. The van der Waals surface area contributed by atoms with Crippen molar-refractivity contribution < 1.29 is 0 Å². The third-order valence-electron chi connectivity index (χ3n) is 3.58. The largest absolute Gasteiger partial charge is 0.353 e. The van der Waals surface area contributed by atoms with E-state index in [1.54, 1.807) is 0 Å². The Kier molecular flexibility index (Phi) is 4.03. The van der Waals surface area contributed by atoms with E-state index in [1.165, 1.54) is 53.8 Å². The van der Waals surface area contributed by atoms with Crippen LogP contribution in [0.4, 0.5) is 0 Å². The van der Waals surface area contributed by atoms with Gasteiger partial charge in [0.1, 0.15) is 0 Å². The van der Waals surface area contributed by atoms with Gasteiger partial charge in [0, 0.05) is 17.9 Å². The molecule has 0 saturated carbocycles. The van der Waals surface area contributed by atoms with Gasteiger partial charge in [-0.25, -0.2) is 0 Å². The number of halogens is 2. The summed E-state index contributed by atoms with van der Waals surface area (Å²) in [5, 5.41) is 2.68. The molecule has 19 heavy (non-hydrogen) atoms. The Bertz CT molecular complexity index is 743. The van der Waals surface area contributed by atoms with Gasteiger partial charge >= 0.3 is 0 Å². The minimum atomic E-state index is 1.18. The standard InChI is InChI=1S/C16H15I2N/c1-2-3-5-10-8-9-12-11-6-4-7-13(17)15(11)19-16(12)14(10)18/h4,6-9,19H,2-3,5H2,1H3. The zero-order valence-electron chi connectivity index (χ0n) is 10.8. The van der Waals surface area contributed by atoms with Crippen LogP contribution in [0, 0.1) is 7.14 Å². The molecule has 1 aromatic heterocycles. The average molecular weight is 475 g/mol. The van der Waals surface area contributed by atoms with Crippen LogP contribution in [0.25, 0.3) is 21.8 Å². The van der Waals surface area contributed by atoms with E-state index in [9.17, 15) is 0 Å². The number of aromatic nitrogens is 1. The summed E-state index contributed by atoms with van der Waals surface area (Å²) in [5.74, 6) is 0. The summed E-state index contributed by atoms with van der Waals surface area (Å²) in [4.78, 5) is 3.62. The molecule has 0 aliphatic carbocycles. The van der Waals surface area contributed by atoms with Crippen molar-refractivity contribution in [3.63, 3.8) is 0 Å². The van der Waals surface area contributed by atoms with Crippen molar-refractivity contribution in [2.45, 2.75) is 26.2 Å². The average Bonchev–Trinajstić information content (AvgIpc) is 2.79. The fraction of sp³-hybridized carbons (Fsp3) is 0.250. The van der Waals surface area contributed by atoms with E-state index in [1.807, 2.05) is 0 Å². The second-order valence-electron chi connectivity index (χ2n) is 4.85. The number of fused-ring (bicyclic) bond motifs is 3. The molecule has 1 N–H and O–H groups in total. The number of hydrogen-bond acceptors (Lipinski definition) is 0. The van der Waals surface area contributed by atoms with Crippen LogP contribution in [0.15, 0.2) is 30.3 Å². The molecule has 0 amide bonds. The second kappa shape index (κ2) is 5.60. The monoisotopic (exact) mass is 475 g/mol. The molecule has 0 atom stereocenters. The maximum atomic E-state index is 3.62. The van der Waals surface area contributed by atoms with Gasteiger partial charge in [-0.2, -0.15) is 0 Å². The maximum Gasteiger partial charge on any atom is 0.0603 e. The van der Waals surface area contributed by atoms with E-state index < -0.39 is 0 Å². The first-order chi connectivity index (χ1) is 9.22. The summed E-state index contributed by atoms with van der Waals surface area (Å²) in [7, 11) is 0. The minimum absolute atomic E-state index is 1.18. The first-order valence-corrected chi connectivity index (χ1v) is 8.75. The summed E-state index contributed by atoms with van der Waals surface area (Å²) in [6, 6.07) is 11.1. The van der Waals surface area contributed by atoms with E-state index in [0.717, 1.165) is 0 Å². The van der Waals surface area contributed by atoms with Crippen molar-refractivity contribution in [3.05, 3.63) is 43.0 Å². The van der Waals surface area contributed by atoms with E-state index in [2.05, 4.69) is 87.4 Å². The van der Waals surface area contributed by atoms with Gasteiger partial charge in [0.05, 0.1) is 11.0 Å². The van der Waals surface area contributed by atoms with Crippen molar-refractivity contribution in [1.82, 2.24) is 4.98 Å². The van der Waals surface area contributed by atoms with Crippen molar-refractivity contribution >= 4 is 67.0 Å². The van der Waals surface area contributed by atoms with Gasteiger partial charge in [-0.3, -0.25) is 0 Å². The highest BCUT2D eigenvalue weighted by Gasteiger charge is 2.11. The maximum absolute atomic E-state index is 3.62. The molecule has 1 nitrogen and oxygen atoms in total. The number of nitrogens with one attached hydrogen (secondary N) is 1. The van der Waals surface area contributed by atoms with E-state index in [0.29, 0.717) is 0 Å². The molecule has 0 bridgehead atoms. The zero-order chi connectivity index (χ0) is 13.4. The number of benzene rings is 2. The highest BCUT2D eigenvalue weighted by Crippen LogP contribution is 2.32. The Morgan fingerprint density at radius 3 is 2.58 bits per heavy atom. The molecule has 0 fully saturated rings. The first-order valence-electron chi connectivity index (χ1n) is 6.59. The van der Waals surface area contributed by atoms with Crippen LogP contribution in [0.5, 0.6) is 0 Å². The van der Waals surface area contributed by atoms with E-state index in [-0.39, 0.29) is 0 Å². The molecule has 98 valence electrons. The van der Waals surface area contributed by atoms with Gasteiger partial charge in [-0.15, -0.1) is 0 Å². The second-order valence-corrected chi connectivity index (χ2v) is 7.09. The summed E-state index contributed by atoms with van der Waals surface area (Å²) < 4.78 is 2.67. The molecule has 1 heterocycles. The van der Waals surface area contributed by atoms with Gasteiger partial charge in [-0.1, -0.05) is 37.6 Å². The molecular weight excluding hydrogens is 460 g/mol. The minimum Gasteiger partial charge on any atom is -0.353 e. The van der Waals surface area contributed by atoms with Gasteiger partial charge < -0.3 is 4.98 Å². The highest BCUT2D eigenvalue weighted by molar-refractivity contribution is 14.1. The number of H-pyrrole nitrogens is 1. The molecule has 0 aliphatic heterocycles. The quantitative estimate of drug-likeness (QED) is 0.457. The first kappa shape index (κ1) is 13.7. The van der Waals surface area contributed by atoms with E-state index >= 15 is 0 Å². The molecule has 0 spiro atoms. The third kappa shape index (κ3) is 2.39. The molecule has 0 radical (unpaired) electrons. The smallest absolute Gasteiger partial charge is 0.0603 e. The SMILES string of the molecule is CCCCc1ccc2c([nH]c3c(I)cccc32)c1I. The number of hydrogen-bond donors (Lipinski definition) is 1. The third-order valence-corrected chi connectivity index (χ3v) is 5.71. The lowest BCUT2D eigenvalue weighted by atomic mass is 10.1. The molecule has 3 rings (SSSR count). The predicted octanol–water partition coefficient (Wildman–Crippen LogP) is 5.87. The molecule has 0 aliphatic rings. The Morgan fingerprint density at radius 2 is 1.79 bits per heavy atom. The molecule has 0 unspecified atom stereocenters. The normalized spacial score (nSPS) is 11.5. The number of aryl methyl sites for hydroxylation is 1. The summed E-state index contributed by atoms with van der Waals surface area (Å²) in [6.45, 7) is 2.25. The van der Waals surface area contributed by atoms with Crippen LogP contribution in [0.1, 0.15) is 25.3 Å². The number of para-hydroxylation sites is 1. The fourth-order valence-corrected chi connectivity index (χ4v) is 4.03. The van der Waals surface area contributed by atoms with Crippen LogP contribution in [0.2, 0.25) is 0 Å². The van der Waals surface area contributed by atoms with Crippen LogP contribution >= 0.6 is 45.2 Å². The molecular formula is C16H15I2N. The molecule has 0 saturated heterocycles. The topological polar surface area (TPSA) is 15.8 Å². The Morgan fingerprint density at radius 1 is 1.00 bits per heavy atom. The molecule has 3 aromatic rings. The Hall–Kier alpha value is -0.300. The lowest BCUT2D eigenvalue weighted by Crippen LogP contribution is -1.90. The van der Waals surface area contributed by atoms with Crippen LogP contribution < -0.4 is 0 Å². The zero-order valence-corrected chi connectivity index (χ0v) is 15.1. The predicted molar refractivity (Wildman–Crippen MR) is 99.9 cm³/mol. The van der Waals surface area contributed by atoms with Gasteiger partial charge in [0.2, 0.25) is 0 Å². The summed E-state index contributed by atoms with van der Waals surface area (Å²) >= 11 is 4.89. The van der Waals surface area contributed by atoms with Crippen LogP contribution in [0.3, 0.4) is 0 Å².